The zero-order valence-electron chi connectivity index (χ0n) is 9.07. The first-order chi connectivity index (χ1) is 6.69. The Morgan fingerprint density at radius 2 is 2.21 bits per heavy atom. The number of thiol groups is 1. The molecule has 1 atom stereocenters. The lowest BCUT2D eigenvalue weighted by atomic mass is 10.2. The van der Waals surface area contributed by atoms with Gasteiger partial charge in [-0.05, 0) is 19.2 Å². The Bertz CT molecular complexity index is 199. The molecule has 1 saturated heterocycles. The average Bonchev–Trinajstić information content (AvgIpc) is 2.18. The number of hydrogen-bond acceptors (Lipinski definition) is 3. The monoisotopic (exact) mass is 216 g/mol. The smallest absolute Gasteiger partial charge is 0.223 e. The summed E-state index contributed by atoms with van der Waals surface area (Å²) in [4.78, 5) is 16.0. The third-order valence-corrected chi connectivity index (χ3v) is 3.07. The molecule has 1 aliphatic heterocycles. The minimum absolute atomic E-state index is 0.252. The summed E-state index contributed by atoms with van der Waals surface area (Å²) in [5.41, 5.74) is 0. The molecule has 4 heteroatoms. The maximum atomic E-state index is 11.6. The van der Waals surface area contributed by atoms with Gasteiger partial charge in [0.1, 0.15) is 0 Å². The van der Waals surface area contributed by atoms with Gasteiger partial charge in [0.05, 0.1) is 0 Å². The van der Waals surface area contributed by atoms with Crippen molar-refractivity contribution >= 4 is 18.5 Å². The van der Waals surface area contributed by atoms with Gasteiger partial charge in [0.15, 0.2) is 0 Å². The Morgan fingerprint density at radius 1 is 1.50 bits per heavy atom. The highest BCUT2D eigenvalue weighted by Crippen LogP contribution is 2.10. The molecule has 0 aliphatic carbocycles. The second-order valence-corrected chi connectivity index (χ2v) is 4.24. The number of likely N-dealkylation sites (N-methyl/N-ethyl adjacent to an activating group) is 1. The molecule has 0 aromatic carbocycles. The van der Waals surface area contributed by atoms with Gasteiger partial charge in [-0.15, -0.1) is 0 Å². The lowest BCUT2D eigenvalue weighted by Crippen LogP contribution is -2.53. The third-order valence-electron chi connectivity index (χ3n) is 2.85. The number of piperazine rings is 1. The van der Waals surface area contributed by atoms with E-state index in [1.807, 2.05) is 4.90 Å². The molecule has 1 unspecified atom stereocenters. The summed E-state index contributed by atoms with van der Waals surface area (Å²) in [6.45, 7) is 8.20. The number of carbonyl (C=O) groups excluding carboxylic acids is 1. The highest BCUT2D eigenvalue weighted by Gasteiger charge is 2.24. The van der Waals surface area contributed by atoms with E-state index in [2.05, 4.69) is 31.4 Å². The highest BCUT2D eigenvalue weighted by atomic mass is 32.1. The van der Waals surface area contributed by atoms with Gasteiger partial charge >= 0.3 is 0 Å². The lowest BCUT2D eigenvalue weighted by molar-refractivity contribution is -0.133. The van der Waals surface area contributed by atoms with Crippen LogP contribution in [0.3, 0.4) is 0 Å². The second kappa shape index (κ2) is 5.61. The van der Waals surface area contributed by atoms with Crippen molar-refractivity contribution in [1.82, 2.24) is 9.80 Å². The first-order valence-corrected chi connectivity index (χ1v) is 5.95. The van der Waals surface area contributed by atoms with E-state index in [1.54, 1.807) is 0 Å². The SMILES string of the molecule is CCN1CCN(C(=O)CCS)CC1C. The first kappa shape index (κ1) is 11.9. The molecule has 0 aromatic heterocycles. The van der Waals surface area contributed by atoms with E-state index in [9.17, 15) is 4.79 Å². The maximum Gasteiger partial charge on any atom is 0.223 e. The minimum atomic E-state index is 0.252. The maximum absolute atomic E-state index is 11.6. The van der Waals surface area contributed by atoms with Crippen LogP contribution in [-0.4, -0.2) is 53.7 Å². The Hall–Kier alpha value is -0.220. The number of nitrogens with zero attached hydrogens (tertiary/aromatic N) is 2. The van der Waals surface area contributed by atoms with Crippen molar-refractivity contribution in [2.24, 2.45) is 0 Å². The molecule has 0 N–H and O–H groups in total. The zero-order valence-corrected chi connectivity index (χ0v) is 9.96. The molecule has 1 heterocycles. The van der Waals surface area contributed by atoms with Crippen molar-refractivity contribution in [1.29, 1.82) is 0 Å². The minimum Gasteiger partial charge on any atom is -0.340 e. The van der Waals surface area contributed by atoms with Gasteiger partial charge < -0.3 is 4.90 Å². The molecule has 1 fully saturated rings. The van der Waals surface area contributed by atoms with Crippen LogP contribution in [-0.2, 0) is 4.79 Å². The van der Waals surface area contributed by atoms with Crippen LogP contribution in [0.1, 0.15) is 20.3 Å². The summed E-state index contributed by atoms with van der Waals surface area (Å²) in [5, 5.41) is 0. The summed E-state index contributed by atoms with van der Waals surface area (Å²) in [5.74, 6) is 0.906. The fourth-order valence-electron chi connectivity index (χ4n) is 1.95. The molecule has 1 rings (SSSR count). The van der Waals surface area contributed by atoms with Gasteiger partial charge in [0.2, 0.25) is 5.91 Å². The molecule has 3 nitrogen and oxygen atoms in total. The summed E-state index contributed by atoms with van der Waals surface area (Å²) in [6, 6.07) is 0.498. The Morgan fingerprint density at radius 3 is 2.71 bits per heavy atom. The van der Waals surface area contributed by atoms with Crippen LogP contribution in [0.25, 0.3) is 0 Å². The number of rotatable bonds is 3. The normalized spacial score (nSPS) is 23.9. The molecule has 0 spiro atoms. The number of amides is 1. The average molecular weight is 216 g/mol. The molecule has 82 valence electrons. The summed E-state index contributed by atoms with van der Waals surface area (Å²) < 4.78 is 0. The summed E-state index contributed by atoms with van der Waals surface area (Å²) in [7, 11) is 0. The predicted octanol–water partition coefficient (Wildman–Crippen LogP) is 0.859. The topological polar surface area (TPSA) is 23.6 Å². The first-order valence-electron chi connectivity index (χ1n) is 5.31. The van der Waals surface area contributed by atoms with Gasteiger partial charge in [-0.25, -0.2) is 0 Å². The van der Waals surface area contributed by atoms with E-state index in [0.29, 0.717) is 18.2 Å². The van der Waals surface area contributed by atoms with Crippen LogP contribution in [0.2, 0.25) is 0 Å². The van der Waals surface area contributed by atoms with E-state index in [0.717, 1.165) is 26.2 Å². The molecular formula is C10H20N2OS. The van der Waals surface area contributed by atoms with Gasteiger partial charge in [-0.3, -0.25) is 9.69 Å². The van der Waals surface area contributed by atoms with Crippen molar-refractivity contribution in [2.75, 3.05) is 31.9 Å². The predicted molar refractivity (Wildman–Crippen MR) is 61.8 cm³/mol. The molecule has 0 bridgehead atoms. The molecular weight excluding hydrogens is 196 g/mol. The van der Waals surface area contributed by atoms with Crippen molar-refractivity contribution in [3.05, 3.63) is 0 Å². The van der Waals surface area contributed by atoms with E-state index in [4.69, 9.17) is 0 Å². The van der Waals surface area contributed by atoms with Crippen molar-refractivity contribution < 1.29 is 4.79 Å². The van der Waals surface area contributed by atoms with Crippen molar-refractivity contribution in [3.8, 4) is 0 Å². The van der Waals surface area contributed by atoms with Gasteiger partial charge in [0, 0.05) is 32.1 Å². The molecule has 1 amide bonds. The number of hydrogen-bond donors (Lipinski definition) is 1. The van der Waals surface area contributed by atoms with Gasteiger partial charge in [0.25, 0.3) is 0 Å². The Kier molecular flexibility index (Phi) is 4.75. The van der Waals surface area contributed by atoms with Gasteiger partial charge in [-0.1, -0.05) is 6.92 Å². The highest BCUT2D eigenvalue weighted by molar-refractivity contribution is 7.80. The second-order valence-electron chi connectivity index (χ2n) is 3.79. The molecule has 14 heavy (non-hydrogen) atoms. The van der Waals surface area contributed by atoms with E-state index in [1.165, 1.54) is 0 Å². The molecule has 0 saturated carbocycles. The fraction of sp³-hybridized carbons (Fsp3) is 0.900. The van der Waals surface area contributed by atoms with Crippen LogP contribution in [0, 0.1) is 0 Å². The Balaban J connectivity index is 2.41. The van der Waals surface area contributed by atoms with Crippen LogP contribution in [0.4, 0.5) is 0 Å². The van der Waals surface area contributed by atoms with Crippen LogP contribution >= 0.6 is 12.6 Å². The quantitative estimate of drug-likeness (QED) is 0.707. The van der Waals surface area contributed by atoms with Crippen LogP contribution in [0.5, 0.6) is 0 Å². The zero-order chi connectivity index (χ0) is 10.6. The van der Waals surface area contributed by atoms with Gasteiger partial charge in [-0.2, -0.15) is 12.6 Å². The standard InChI is InChI=1S/C10H20N2OS/c1-3-11-5-6-12(8-9(11)2)10(13)4-7-14/h9,14H,3-8H2,1-2H3. The van der Waals surface area contributed by atoms with Crippen LogP contribution in [0.15, 0.2) is 0 Å². The molecule has 0 aromatic rings. The van der Waals surface area contributed by atoms with Crippen molar-refractivity contribution in [3.63, 3.8) is 0 Å². The van der Waals surface area contributed by atoms with Crippen molar-refractivity contribution in [2.45, 2.75) is 26.3 Å². The van der Waals surface area contributed by atoms with E-state index in [-0.39, 0.29) is 5.91 Å². The summed E-state index contributed by atoms with van der Waals surface area (Å²) >= 11 is 4.08. The van der Waals surface area contributed by atoms with Crippen LogP contribution < -0.4 is 0 Å². The van der Waals surface area contributed by atoms with E-state index < -0.39 is 0 Å². The molecule has 1 aliphatic rings. The third kappa shape index (κ3) is 2.89. The lowest BCUT2D eigenvalue weighted by Gasteiger charge is -2.39. The molecule has 0 radical (unpaired) electrons. The largest absolute Gasteiger partial charge is 0.340 e. The number of carbonyl (C=O) groups is 1. The fourth-order valence-corrected chi connectivity index (χ4v) is 2.14. The Labute approximate surface area is 91.9 Å². The summed E-state index contributed by atoms with van der Waals surface area (Å²) in [6.07, 6.45) is 0.571. The van der Waals surface area contributed by atoms with E-state index >= 15 is 0 Å².